The molecule has 0 fully saturated rings. The van der Waals surface area contributed by atoms with Gasteiger partial charge in [-0.2, -0.15) is 0 Å². The highest BCUT2D eigenvalue weighted by Gasteiger charge is 2.47. The van der Waals surface area contributed by atoms with Gasteiger partial charge in [-0.05, 0) is 95.4 Å². The van der Waals surface area contributed by atoms with Crippen LogP contribution in [0.1, 0.15) is 44.5 Å². The summed E-state index contributed by atoms with van der Waals surface area (Å²) in [5.74, 6) is 0. The average molecular weight is 621 g/mol. The van der Waals surface area contributed by atoms with E-state index in [1.807, 2.05) is 0 Å². The van der Waals surface area contributed by atoms with Gasteiger partial charge in [-0.1, -0.05) is 178 Å². The molecule has 6 aromatic carbocycles. The maximum Gasteiger partial charge on any atom is 0.172 e. The van der Waals surface area contributed by atoms with Crippen LogP contribution in [0.25, 0.3) is 34.4 Å². The molecule has 0 amide bonds. The fourth-order valence-corrected chi connectivity index (χ4v) is 13.7. The molecule has 0 N–H and O–H groups in total. The monoisotopic (exact) mass is 620 g/mol. The topological polar surface area (TPSA) is 0 Å². The molecule has 0 unspecified atom stereocenters. The molecule has 0 spiro atoms. The normalized spacial score (nSPS) is 13.6. The van der Waals surface area contributed by atoms with Crippen molar-refractivity contribution in [1.29, 1.82) is 0 Å². The average Bonchev–Trinajstić information content (AvgIpc) is 3.70. The third-order valence-corrected chi connectivity index (χ3v) is 15.2. The van der Waals surface area contributed by atoms with Gasteiger partial charge in [0.25, 0.3) is 0 Å². The van der Waals surface area contributed by atoms with Crippen LogP contribution in [0.15, 0.2) is 144 Å². The van der Waals surface area contributed by atoms with Crippen molar-refractivity contribution < 1.29 is 0 Å². The summed E-state index contributed by atoms with van der Waals surface area (Å²) in [5.41, 5.74) is 16.2. The molecule has 0 aliphatic heterocycles. The molecule has 2 aliphatic carbocycles. The Morgan fingerprint density at radius 2 is 0.787 bits per heavy atom. The zero-order valence-corrected chi connectivity index (χ0v) is 28.8. The molecular weight excluding hydrogens is 581 g/mol. The molecule has 0 heterocycles. The van der Waals surface area contributed by atoms with E-state index in [1.54, 1.807) is 10.4 Å². The largest absolute Gasteiger partial charge is 0.172 e. The van der Waals surface area contributed by atoms with Gasteiger partial charge in [-0.25, -0.2) is 0 Å². The fourth-order valence-electron chi connectivity index (χ4n) is 8.47. The molecule has 0 saturated carbocycles. The van der Waals surface area contributed by atoms with Crippen LogP contribution >= 0.6 is 0 Å². The molecule has 0 radical (unpaired) electrons. The third kappa shape index (κ3) is 5.07. The van der Waals surface area contributed by atoms with Gasteiger partial charge in [0.05, 0.1) is 0 Å². The number of hydrogen-bond acceptors (Lipinski definition) is 0. The number of rotatable bonds is 6. The minimum Gasteiger partial charge on any atom is -0.0626 e. The van der Waals surface area contributed by atoms with Crippen LogP contribution < -0.4 is 10.4 Å². The van der Waals surface area contributed by atoms with E-state index in [0.29, 0.717) is 0 Å². The lowest BCUT2D eigenvalue weighted by Gasteiger charge is -2.36. The molecule has 0 nitrogen and oxygen atoms in total. The second-order valence-corrected chi connectivity index (χ2v) is 17.6. The van der Waals surface area contributed by atoms with Crippen molar-refractivity contribution in [2.75, 3.05) is 0 Å². The standard InChI is InChI=1S/C46H40Si/c1-31-21-32(2)24-37(23-31)43-19-11-13-35-27-41(29-45(35)43)47(39-15-7-5-8-16-39,40-17-9-6-10-18-40)42-28-36-14-12-20-44(46(36)30-42)38-25-33(3)22-34(4)26-38/h5-26,29-30H,27-28H2,1-4H3. The van der Waals surface area contributed by atoms with Gasteiger partial charge < -0.3 is 0 Å². The summed E-state index contributed by atoms with van der Waals surface area (Å²) >= 11 is 0. The second-order valence-electron chi connectivity index (χ2n) is 13.7. The highest BCUT2D eigenvalue weighted by atomic mass is 28.3. The van der Waals surface area contributed by atoms with Crippen LogP contribution in [0, 0.1) is 27.7 Å². The van der Waals surface area contributed by atoms with Crippen molar-refractivity contribution in [2.24, 2.45) is 0 Å². The quantitative estimate of drug-likeness (QED) is 0.163. The van der Waals surface area contributed by atoms with E-state index in [0.717, 1.165) is 12.8 Å². The smallest absolute Gasteiger partial charge is 0.0626 e. The lowest BCUT2D eigenvalue weighted by atomic mass is 9.95. The van der Waals surface area contributed by atoms with Crippen LogP contribution in [-0.4, -0.2) is 8.07 Å². The molecular formula is C46H40Si. The first-order chi connectivity index (χ1) is 22.9. The molecule has 2 aliphatic rings. The van der Waals surface area contributed by atoms with E-state index in [9.17, 15) is 0 Å². The SMILES string of the molecule is Cc1cc(C)cc(-c2cccc3c2C=C([Si](C2=Cc4c(cccc4-c4cc(C)cc(C)c4)C2)(c2ccccc2)c2ccccc2)C3)c1. The molecule has 6 aromatic rings. The van der Waals surface area contributed by atoms with Gasteiger partial charge >= 0.3 is 0 Å². The van der Waals surface area contributed by atoms with Crippen molar-refractivity contribution in [3.63, 3.8) is 0 Å². The molecule has 228 valence electrons. The van der Waals surface area contributed by atoms with Crippen molar-refractivity contribution >= 4 is 30.6 Å². The molecule has 0 bridgehead atoms. The van der Waals surface area contributed by atoms with Gasteiger partial charge in [-0.15, -0.1) is 0 Å². The Bertz CT molecular complexity index is 2020. The highest BCUT2D eigenvalue weighted by molar-refractivity contribution is 7.13. The van der Waals surface area contributed by atoms with E-state index < -0.39 is 8.07 Å². The Balaban J connectivity index is 1.38. The predicted molar refractivity (Wildman–Crippen MR) is 204 cm³/mol. The number of allylic oxidation sites excluding steroid dienone is 2. The van der Waals surface area contributed by atoms with Crippen molar-refractivity contribution in [2.45, 2.75) is 40.5 Å². The van der Waals surface area contributed by atoms with E-state index >= 15 is 0 Å². The molecule has 1 heteroatoms. The zero-order chi connectivity index (χ0) is 32.1. The number of fused-ring (bicyclic) bond motifs is 2. The Morgan fingerprint density at radius 3 is 1.17 bits per heavy atom. The summed E-state index contributed by atoms with van der Waals surface area (Å²) < 4.78 is 0. The van der Waals surface area contributed by atoms with Crippen LogP contribution in [0.5, 0.6) is 0 Å². The number of benzene rings is 6. The first-order valence-electron chi connectivity index (χ1n) is 16.8. The van der Waals surface area contributed by atoms with Gasteiger partial charge in [0.2, 0.25) is 0 Å². The minimum atomic E-state index is -2.65. The maximum atomic E-state index is 2.60. The predicted octanol–water partition coefficient (Wildman–Crippen LogP) is 10.2. The molecule has 0 saturated heterocycles. The summed E-state index contributed by atoms with van der Waals surface area (Å²) in [4.78, 5) is 0. The minimum absolute atomic E-state index is 0.974. The van der Waals surface area contributed by atoms with Crippen molar-refractivity contribution in [3.05, 3.63) is 188 Å². The summed E-state index contributed by atoms with van der Waals surface area (Å²) in [6.07, 6.45) is 7.15. The van der Waals surface area contributed by atoms with Crippen LogP contribution in [-0.2, 0) is 12.8 Å². The summed E-state index contributed by atoms with van der Waals surface area (Å²) in [6, 6.07) is 50.7. The van der Waals surface area contributed by atoms with Gasteiger partial charge in [0.15, 0.2) is 8.07 Å². The first-order valence-corrected chi connectivity index (χ1v) is 18.8. The van der Waals surface area contributed by atoms with E-state index in [1.165, 1.54) is 77.1 Å². The van der Waals surface area contributed by atoms with Crippen LogP contribution in [0.4, 0.5) is 0 Å². The number of aryl methyl sites for hydroxylation is 4. The lowest BCUT2D eigenvalue weighted by molar-refractivity contribution is 1.24. The molecule has 8 rings (SSSR count). The van der Waals surface area contributed by atoms with E-state index in [4.69, 9.17) is 0 Å². The highest BCUT2D eigenvalue weighted by Crippen LogP contribution is 2.44. The Morgan fingerprint density at radius 1 is 0.404 bits per heavy atom. The molecule has 0 aromatic heterocycles. The van der Waals surface area contributed by atoms with Gasteiger partial charge in [0.1, 0.15) is 0 Å². The van der Waals surface area contributed by atoms with Gasteiger partial charge in [-0.3, -0.25) is 0 Å². The summed E-state index contributed by atoms with van der Waals surface area (Å²) in [5, 5.41) is 6.08. The van der Waals surface area contributed by atoms with Gasteiger partial charge in [0, 0.05) is 0 Å². The van der Waals surface area contributed by atoms with Crippen LogP contribution in [0.3, 0.4) is 0 Å². The molecule has 0 atom stereocenters. The zero-order valence-electron chi connectivity index (χ0n) is 27.8. The maximum absolute atomic E-state index is 2.65. The van der Waals surface area contributed by atoms with Crippen LogP contribution in [0.2, 0.25) is 0 Å². The van der Waals surface area contributed by atoms with E-state index in [2.05, 4.69) is 173 Å². The number of hydrogen-bond donors (Lipinski definition) is 0. The first kappa shape index (κ1) is 29.4. The second kappa shape index (κ2) is 11.7. The summed E-state index contributed by atoms with van der Waals surface area (Å²) in [6.45, 7) is 8.83. The Labute approximate surface area is 280 Å². The molecule has 47 heavy (non-hydrogen) atoms. The lowest BCUT2D eigenvalue weighted by Crippen LogP contribution is -2.62. The fraction of sp³-hybridized carbons (Fsp3) is 0.130. The summed E-state index contributed by atoms with van der Waals surface area (Å²) in [7, 11) is -2.65. The Hall–Kier alpha value is -4.98. The Kier molecular flexibility index (Phi) is 7.31. The van der Waals surface area contributed by atoms with E-state index in [-0.39, 0.29) is 0 Å². The third-order valence-electron chi connectivity index (χ3n) is 10.2. The van der Waals surface area contributed by atoms with Crippen molar-refractivity contribution in [1.82, 2.24) is 0 Å². The van der Waals surface area contributed by atoms with Crippen molar-refractivity contribution in [3.8, 4) is 22.3 Å².